The van der Waals surface area contributed by atoms with Crippen LogP contribution in [0.25, 0.3) is 10.8 Å². The number of halogens is 3. The molecule has 11 heteroatoms. The summed E-state index contributed by atoms with van der Waals surface area (Å²) in [5.74, 6) is -0.229. The fourth-order valence-electron chi connectivity index (χ4n) is 3.33. The van der Waals surface area contributed by atoms with E-state index in [4.69, 9.17) is 0 Å². The molecule has 1 aliphatic heterocycles. The molecule has 0 radical (unpaired) electrons. The van der Waals surface area contributed by atoms with Crippen LogP contribution in [-0.4, -0.2) is 52.2 Å². The van der Waals surface area contributed by atoms with Crippen molar-refractivity contribution in [3.63, 3.8) is 0 Å². The van der Waals surface area contributed by atoms with Crippen molar-refractivity contribution in [1.82, 2.24) is 20.1 Å². The first kappa shape index (κ1) is 19.4. The van der Waals surface area contributed by atoms with Gasteiger partial charge in [-0.25, -0.2) is 0 Å². The lowest BCUT2D eigenvalue weighted by molar-refractivity contribution is -0.138. The minimum Gasteiger partial charge on any atom is -0.345 e. The topological polar surface area (TPSA) is 82.2 Å². The first-order valence-electron chi connectivity index (χ1n) is 8.90. The summed E-state index contributed by atoms with van der Waals surface area (Å²) in [6, 6.07) is 6.87. The average Bonchev–Trinajstić information content (AvgIpc) is 3.07. The quantitative estimate of drug-likeness (QED) is 0.686. The number of aromatic amines is 1. The summed E-state index contributed by atoms with van der Waals surface area (Å²) < 4.78 is 38.3. The second-order valence-corrected chi connectivity index (χ2v) is 7.55. The summed E-state index contributed by atoms with van der Waals surface area (Å²) in [7, 11) is 0. The molecule has 7 nitrogen and oxygen atoms in total. The van der Waals surface area contributed by atoms with E-state index in [9.17, 15) is 22.8 Å². The fraction of sp³-hybridized carbons (Fsp3) is 0.333. The van der Waals surface area contributed by atoms with E-state index >= 15 is 0 Å². The van der Waals surface area contributed by atoms with E-state index in [1.165, 1.54) is 6.20 Å². The Bertz CT molecular complexity index is 1110. The number of aromatic nitrogens is 3. The van der Waals surface area contributed by atoms with Gasteiger partial charge in [0.1, 0.15) is 0 Å². The second kappa shape index (κ2) is 7.47. The first-order valence-corrected chi connectivity index (χ1v) is 9.71. The molecule has 29 heavy (non-hydrogen) atoms. The average molecular weight is 423 g/mol. The van der Waals surface area contributed by atoms with Crippen molar-refractivity contribution in [2.75, 3.05) is 31.1 Å². The molecule has 0 spiro atoms. The third-order valence-corrected chi connectivity index (χ3v) is 5.78. The number of hydrogen-bond acceptors (Lipinski definition) is 6. The highest BCUT2D eigenvalue weighted by Gasteiger charge is 2.36. The SMILES string of the molecule is O=C(c1c[nH]c(=O)c2ccccc12)N1CCCN(c2nnc(C(F)(F)F)s2)CC1. The molecule has 0 unspecified atom stereocenters. The largest absolute Gasteiger partial charge is 0.445 e. The van der Waals surface area contributed by atoms with E-state index < -0.39 is 11.2 Å². The van der Waals surface area contributed by atoms with Crippen LogP contribution in [0.4, 0.5) is 18.3 Å². The summed E-state index contributed by atoms with van der Waals surface area (Å²) >= 11 is 0.501. The zero-order valence-corrected chi connectivity index (χ0v) is 15.9. The molecule has 1 saturated heterocycles. The van der Waals surface area contributed by atoms with Crippen molar-refractivity contribution in [3.05, 3.63) is 51.4 Å². The van der Waals surface area contributed by atoms with E-state index in [1.54, 1.807) is 34.1 Å². The number of pyridine rings is 1. The van der Waals surface area contributed by atoms with Gasteiger partial charge >= 0.3 is 6.18 Å². The van der Waals surface area contributed by atoms with Crippen LogP contribution >= 0.6 is 11.3 Å². The van der Waals surface area contributed by atoms with Gasteiger partial charge < -0.3 is 14.8 Å². The number of nitrogens with one attached hydrogen (secondary N) is 1. The van der Waals surface area contributed by atoms with Gasteiger partial charge in [-0.3, -0.25) is 9.59 Å². The number of nitrogens with zero attached hydrogens (tertiary/aromatic N) is 4. The first-order chi connectivity index (χ1) is 13.8. The lowest BCUT2D eigenvalue weighted by Crippen LogP contribution is -2.35. The lowest BCUT2D eigenvalue weighted by Gasteiger charge is -2.22. The Labute approximate surface area is 166 Å². The van der Waals surface area contributed by atoms with Gasteiger partial charge in [0.05, 0.1) is 5.56 Å². The van der Waals surface area contributed by atoms with E-state index in [1.807, 2.05) is 0 Å². The van der Waals surface area contributed by atoms with E-state index in [-0.39, 0.29) is 16.6 Å². The number of H-pyrrole nitrogens is 1. The molecule has 1 amide bonds. The monoisotopic (exact) mass is 423 g/mol. The van der Waals surface area contributed by atoms with Crippen LogP contribution in [0.15, 0.2) is 35.3 Å². The molecule has 1 aliphatic rings. The minimum absolute atomic E-state index is 0.195. The Balaban J connectivity index is 1.53. The van der Waals surface area contributed by atoms with Crippen molar-refractivity contribution >= 4 is 33.1 Å². The van der Waals surface area contributed by atoms with Crippen molar-refractivity contribution in [2.24, 2.45) is 0 Å². The van der Waals surface area contributed by atoms with E-state index in [0.29, 0.717) is 60.3 Å². The predicted octanol–water partition coefficient (Wildman–Crippen LogP) is 2.75. The maximum absolute atomic E-state index is 13.1. The highest BCUT2D eigenvalue weighted by atomic mass is 32.1. The van der Waals surface area contributed by atoms with Gasteiger partial charge in [0.2, 0.25) is 10.1 Å². The number of fused-ring (bicyclic) bond motifs is 1. The molecule has 1 aromatic carbocycles. The van der Waals surface area contributed by atoms with Crippen LogP contribution in [0.1, 0.15) is 21.8 Å². The molecule has 3 heterocycles. The maximum atomic E-state index is 13.1. The van der Waals surface area contributed by atoms with E-state index in [2.05, 4.69) is 15.2 Å². The van der Waals surface area contributed by atoms with Crippen LogP contribution in [0, 0.1) is 0 Å². The molecule has 4 rings (SSSR count). The number of benzene rings is 1. The van der Waals surface area contributed by atoms with Gasteiger partial charge in [-0.1, -0.05) is 29.5 Å². The standard InChI is InChI=1S/C18H16F3N5O2S/c19-18(20,21)16-23-24-17(29-16)26-7-3-6-25(8-9-26)15(28)13-10-22-14(27)12-5-2-1-4-11(12)13/h1-2,4-5,10H,3,6-9H2,(H,22,27). The van der Waals surface area contributed by atoms with Gasteiger partial charge in [-0.15, -0.1) is 10.2 Å². The van der Waals surface area contributed by atoms with Gasteiger partial charge in [-0.2, -0.15) is 13.2 Å². The van der Waals surface area contributed by atoms with E-state index in [0.717, 1.165) is 0 Å². The highest BCUT2D eigenvalue weighted by molar-refractivity contribution is 7.15. The molecule has 3 aromatic rings. The van der Waals surface area contributed by atoms with Crippen LogP contribution in [0.2, 0.25) is 0 Å². The molecule has 0 aliphatic carbocycles. The van der Waals surface area contributed by atoms with Gasteiger partial charge in [0, 0.05) is 43.1 Å². The Morgan fingerprint density at radius 2 is 1.83 bits per heavy atom. The fourth-order valence-corrected chi connectivity index (χ4v) is 4.09. The zero-order valence-electron chi connectivity index (χ0n) is 15.1. The number of carbonyl (C=O) groups is 1. The molecule has 0 atom stereocenters. The number of carbonyl (C=O) groups excluding carboxylic acids is 1. The molecule has 0 saturated carbocycles. The molecule has 1 fully saturated rings. The molecule has 1 N–H and O–H groups in total. The smallest absolute Gasteiger partial charge is 0.345 e. The van der Waals surface area contributed by atoms with Crippen molar-refractivity contribution < 1.29 is 18.0 Å². The highest BCUT2D eigenvalue weighted by Crippen LogP contribution is 2.34. The maximum Gasteiger partial charge on any atom is 0.445 e. The summed E-state index contributed by atoms with van der Waals surface area (Å²) in [6.07, 6.45) is -2.53. The van der Waals surface area contributed by atoms with Crippen molar-refractivity contribution in [3.8, 4) is 0 Å². The van der Waals surface area contributed by atoms with Crippen LogP contribution < -0.4 is 10.5 Å². The van der Waals surface area contributed by atoms with Crippen LogP contribution in [0.5, 0.6) is 0 Å². The number of amides is 1. The summed E-state index contributed by atoms with van der Waals surface area (Å²) in [6.45, 7) is 1.60. The Morgan fingerprint density at radius 1 is 1.07 bits per heavy atom. The van der Waals surface area contributed by atoms with Gasteiger partial charge in [-0.05, 0) is 12.5 Å². The zero-order chi connectivity index (χ0) is 20.6. The Kier molecular flexibility index (Phi) is 4.99. The summed E-state index contributed by atoms with van der Waals surface area (Å²) in [4.78, 5) is 31.0. The van der Waals surface area contributed by atoms with Gasteiger partial charge in [0.25, 0.3) is 11.5 Å². The molecular formula is C18H16F3N5O2S. The third kappa shape index (κ3) is 3.82. The summed E-state index contributed by atoms with van der Waals surface area (Å²) in [5.41, 5.74) is 0.125. The second-order valence-electron chi connectivity index (χ2n) is 6.60. The Hall–Kier alpha value is -2.95. The van der Waals surface area contributed by atoms with Crippen LogP contribution in [-0.2, 0) is 6.18 Å². The molecule has 0 bridgehead atoms. The van der Waals surface area contributed by atoms with Crippen molar-refractivity contribution in [1.29, 1.82) is 0 Å². The molecule has 152 valence electrons. The minimum atomic E-state index is -4.52. The normalized spacial score (nSPS) is 15.6. The molecular weight excluding hydrogens is 407 g/mol. The lowest BCUT2D eigenvalue weighted by atomic mass is 10.1. The Morgan fingerprint density at radius 3 is 2.55 bits per heavy atom. The number of anilines is 1. The number of rotatable bonds is 2. The van der Waals surface area contributed by atoms with Gasteiger partial charge in [0.15, 0.2) is 0 Å². The molecule has 2 aromatic heterocycles. The summed E-state index contributed by atoms with van der Waals surface area (Å²) in [5, 5.41) is 7.10. The number of hydrogen-bond donors (Lipinski definition) is 1. The van der Waals surface area contributed by atoms with Crippen molar-refractivity contribution in [2.45, 2.75) is 12.6 Å². The third-order valence-electron chi connectivity index (χ3n) is 4.75. The predicted molar refractivity (Wildman–Crippen MR) is 102 cm³/mol. The number of alkyl halides is 3. The van der Waals surface area contributed by atoms with Crippen LogP contribution in [0.3, 0.4) is 0 Å².